The zero-order valence-electron chi connectivity index (χ0n) is 9.32. The van der Waals surface area contributed by atoms with Gasteiger partial charge in [-0.2, -0.15) is 0 Å². The summed E-state index contributed by atoms with van der Waals surface area (Å²) in [5.41, 5.74) is 7.00. The van der Waals surface area contributed by atoms with Crippen molar-refractivity contribution in [3.63, 3.8) is 0 Å². The Bertz CT molecular complexity index is 324. The Labute approximate surface area is 91.3 Å². The van der Waals surface area contributed by atoms with Crippen LogP contribution in [0.4, 0.5) is 5.82 Å². The molecule has 1 aliphatic rings. The first-order chi connectivity index (χ1) is 7.27. The second-order valence-electron chi connectivity index (χ2n) is 4.36. The first-order valence-electron chi connectivity index (χ1n) is 5.71. The average molecular weight is 205 g/mol. The van der Waals surface area contributed by atoms with E-state index in [9.17, 15) is 0 Å². The van der Waals surface area contributed by atoms with E-state index in [4.69, 9.17) is 5.73 Å². The summed E-state index contributed by atoms with van der Waals surface area (Å²) in [6, 6.07) is 4.71. The van der Waals surface area contributed by atoms with Gasteiger partial charge in [0.1, 0.15) is 5.82 Å². The third-order valence-electron chi connectivity index (χ3n) is 3.24. The fourth-order valence-corrected chi connectivity index (χ4v) is 2.20. The lowest BCUT2D eigenvalue weighted by molar-refractivity contribution is 0.153. The molecule has 82 valence electrons. The van der Waals surface area contributed by atoms with Gasteiger partial charge in [-0.3, -0.25) is 4.90 Å². The van der Waals surface area contributed by atoms with E-state index < -0.39 is 0 Å². The largest absolute Gasteiger partial charge is 0.383 e. The first kappa shape index (κ1) is 10.4. The van der Waals surface area contributed by atoms with Gasteiger partial charge in [0.05, 0.1) is 0 Å². The number of hydrogen-bond donors (Lipinski definition) is 1. The van der Waals surface area contributed by atoms with Gasteiger partial charge in [0.15, 0.2) is 0 Å². The van der Waals surface area contributed by atoms with Crippen LogP contribution in [-0.4, -0.2) is 22.5 Å². The lowest BCUT2D eigenvalue weighted by Crippen LogP contribution is -2.36. The molecule has 0 radical (unpaired) electrons. The standard InChI is InChI=1S/C12H19N3/c1-10-5-2-3-8-15(10)9-11-6-4-7-14-12(11)13/h4,6-7,10H,2-3,5,8-9H2,1H3,(H2,13,14). The second-order valence-corrected chi connectivity index (χ2v) is 4.36. The van der Waals surface area contributed by atoms with Crippen LogP contribution >= 0.6 is 0 Å². The van der Waals surface area contributed by atoms with Crippen LogP contribution in [0.3, 0.4) is 0 Å². The van der Waals surface area contributed by atoms with Crippen molar-refractivity contribution in [2.75, 3.05) is 12.3 Å². The van der Waals surface area contributed by atoms with Gasteiger partial charge in [-0.25, -0.2) is 4.98 Å². The molecule has 0 aliphatic carbocycles. The van der Waals surface area contributed by atoms with Gasteiger partial charge in [-0.1, -0.05) is 12.5 Å². The number of nitrogens with zero attached hydrogens (tertiary/aromatic N) is 2. The smallest absolute Gasteiger partial charge is 0.127 e. The SMILES string of the molecule is CC1CCCCN1Cc1cccnc1N. The van der Waals surface area contributed by atoms with Gasteiger partial charge >= 0.3 is 0 Å². The minimum atomic E-state index is 0.676. The number of rotatable bonds is 2. The molecular weight excluding hydrogens is 186 g/mol. The lowest BCUT2D eigenvalue weighted by atomic mass is 10.0. The Morgan fingerprint density at radius 2 is 2.40 bits per heavy atom. The predicted octanol–water partition coefficient (Wildman–Crippen LogP) is 2.04. The maximum Gasteiger partial charge on any atom is 0.127 e. The monoisotopic (exact) mass is 205 g/mol. The molecule has 1 aromatic rings. The van der Waals surface area contributed by atoms with Crippen molar-refractivity contribution in [1.29, 1.82) is 0 Å². The lowest BCUT2D eigenvalue weighted by Gasteiger charge is -2.33. The van der Waals surface area contributed by atoms with Crippen molar-refractivity contribution in [2.45, 2.75) is 38.8 Å². The molecule has 2 heterocycles. The summed E-state index contributed by atoms with van der Waals surface area (Å²) in [7, 11) is 0. The number of nitrogens with two attached hydrogens (primary N) is 1. The van der Waals surface area contributed by atoms with E-state index in [2.05, 4.69) is 22.9 Å². The number of likely N-dealkylation sites (tertiary alicyclic amines) is 1. The van der Waals surface area contributed by atoms with Gasteiger partial charge in [0.2, 0.25) is 0 Å². The summed E-state index contributed by atoms with van der Waals surface area (Å²) in [4.78, 5) is 6.62. The second kappa shape index (κ2) is 4.62. The maximum atomic E-state index is 5.85. The van der Waals surface area contributed by atoms with Crippen LogP contribution in [0.5, 0.6) is 0 Å². The molecule has 2 rings (SSSR count). The van der Waals surface area contributed by atoms with E-state index >= 15 is 0 Å². The fourth-order valence-electron chi connectivity index (χ4n) is 2.20. The van der Waals surface area contributed by atoms with Gasteiger partial charge in [-0.05, 0) is 32.4 Å². The van der Waals surface area contributed by atoms with Crippen molar-refractivity contribution < 1.29 is 0 Å². The molecule has 2 N–H and O–H groups in total. The molecule has 0 saturated carbocycles. The molecule has 0 spiro atoms. The van der Waals surface area contributed by atoms with E-state index in [-0.39, 0.29) is 0 Å². The van der Waals surface area contributed by atoms with Crippen LogP contribution in [-0.2, 0) is 6.54 Å². The quantitative estimate of drug-likeness (QED) is 0.803. The Hall–Kier alpha value is -1.09. The van der Waals surface area contributed by atoms with Crippen molar-refractivity contribution in [1.82, 2.24) is 9.88 Å². The summed E-state index contributed by atoms with van der Waals surface area (Å²) in [6.45, 7) is 4.43. The number of piperidine rings is 1. The van der Waals surface area contributed by atoms with E-state index in [1.54, 1.807) is 6.20 Å². The molecule has 3 nitrogen and oxygen atoms in total. The third kappa shape index (κ3) is 2.48. The Kier molecular flexibility index (Phi) is 3.21. The van der Waals surface area contributed by atoms with Gasteiger partial charge in [-0.15, -0.1) is 0 Å². The Morgan fingerprint density at radius 3 is 3.13 bits per heavy atom. The van der Waals surface area contributed by atoms with Gasteiger partial charge < -0.3 is 5.73 Å². The van der Waals surface area contributed by atoms with Crippen molar-refractivity contribution in [2.24, 2.45) is 0 Å². The van der Waals surface area contributed by atoms with Crippen LogP contribution in [0.25, 0.3) is 0 Å². The summed E-state index contributed by atoms with van der Waals surface area (Å²) in [5, 5.41) is 0. The van der Waals surface area contributed by atoms with E-state index in [0.717, 1.165) is 12.1 Å². The highest BCUT2D eigenvalue weighted by atomic mass is 15.2. The molecule has 1 aromatic heterocycles. The average Bonchev–Trinajstić information content (AvgIpc) is 2.24. The van der Waals surface area contributed by atoms with E-state index in [0.29, 0.717) is 11.9 Å². The number of hydrogen-bond acceptors (Lipinski definition) is 3. The summed E-state index contributed by atoms with van der Waals surface area (Å²) >= 11 is 0. The number of nitrogen functional groups attached to an aromatic ring is 1. The zero-order chi connectivity index (χ0) is 10.7. The van der Waals surface area contributed by atoms with Crippen LogP contribution in [0.15, 0.2) is 18.3 Å². The summed E-state index contributed by atoms with van der Waals surface area (Å²) in [5.74, 6) is 0.676. The molecule has 1 fully saturated rings. The fraction of sp³-hybridized carbons (Fsp3) is 0.583. The van der Waals surface area contributed by atoms with E-state index in [1.165, 1.54) is 25.8 Å². The Balaban J connectivity index is 2.04. The molecular formula is C12H19N3. The maximum absolute atomic E-state index is 5.85. The number of aromatic nitrogens is 1. The van der Waals surface area contributed by atoms with Crippen LogP contribution in [0.1, 0.15) is 31.7 Å². The van der Waals surface area contributed by atoms with Crippen LogP contribution in [0.2, 0.25) is 0 Å². The minimum absolute atomic E-state index is 0.676. The van der Waals surface area contributed by atoms with Crippen molar-refractivity contribution in [3.8, 4) is 0 Å². The molecule has 3 heteroatoms. The molecule has 0 aromatic carbocycles. The summed E-state index contributed by atoms with van der Waals surface area (Å²) in [6.07, 6.45) is 5.73. The Morgan fingerprint density at radius 1 is 1.53 bits per heavy atom. The minimum Gasteiger partial charge on any atom is -0.383 e. The third-order valence-corrected chi connectivity index (χ3v) is 3.24. The van der Waals surface area contributed by atoms with Crippen molar-refractivity contribution in [3.05, 3.63) is 23.9 Å². The van der Waals surface area contributed by atoms with Crippen molar-refractivity contribution >= 4 is 5.82 Å². The topological polar surface area (TPSA) is 42.2 Å². The highest BCUT2D eigenvalue weighted by Gasteiger charge is 2.18. The zero-order valence-corrected chi connectivity index (χ0v) is 9.32. The molecule has 1 atom stereocenters. The molecule has 1 aliphatic heterocycles. The molecule has 1 saturated heterocycles. The first-order valence-corrected chi connectivity index (χ1v) is 5.71. The van der Waals surface area contributed by atoms with Gasteiger partial charge in [0.25, 0.3) is 0 Å². The highest BCUT2D eigenvalue weighted by Crippen LogP contribution is 2.20. The van der Waals surface area contributed by atoms with Gasteiger partial charge in [0, 0.05) is 24.3 Å². The predicted molar refractivity (Wildman–Crippen MR) is 62.4 cm³/mol. The van der Waals surface area contributed by atoms with E-state index in [1.807, 2.05) is 6.07 Å². The molecule has 0 amide bonds. The highest BCUT2D eigenvalue weighted by molar-refractivity contribution is 5.38. The molecule has 15 heavy (non-hydrogen) atoms. The molecule has 0 bridgehead atoms. The number of anilines is 1. The number of pyridine rings is 1. The van der Waals surface area contributed by atoms with Crippen LogP contribution < -0.4 is 5.73 Å². The summed E-state index contributed by atoms with van der Waals surface area (Å²) < 4.78 is 0. The molecule has 1 unspecified atom stereocenters. The van der Waals surface area contributed by atoms with Crippen LogP contribution in [0, 0.1) is 0 Å². The normalized spacial score (nSPS) is 22.9.